The number of nitrogens with one attached hydrogen (secondary N) is 2. The van der Waals surface area contributed by atoms with Crippen LogP contribution >= 0.6 is 23.2 Å². The smallest absolute Gasteiger partial charge is 0.323 e. The Hall–Kier alpha value is -3.48. The van der Waals surface area contributed by atoms with Crippen molar-refractivity contribution in [3.8, 4) is 17.0 Å². The van der Waals surface area contributed by atoms with E-state index in [1.165, 1.54) is 0 Å². The van der Waals surface area contributed by atoms with Crippen molar-refractivity contribution < 1.29 is 9.53 Å². The molecule has 4 aromatic rings. The maximum atomic E-state index is 12.5. The van der Waals surface area contributed by atoms with Gasteiger partial charge in [0.05, 0.1) is 24.7 Å². The van der Waals surface area contributed by atoms with Crippen molar-refractivity contribution in [1.29, 1.82) is 0 Å². The molecule has 1 aromatic heterocycles. The first-order valence-corrected chi connectivity index (χ1v) is 11.9. The van der Waals surface area contributed by atoms with Crippen LogP contribution in [0.15, 0.2) is 66.9 Å². The van der Waals surface area contributed by atoms with Gasteiger partial charge in [-0.05, 0) is 66.4 Å². The zero-order chi connectivity index (χ0) is 24.9. The number of aromatic nitrogens is 2. The Labute approximate surface area is 214 Å². The predicted octanol–water partition coefficient (Wildman–Crippen LogP) is 7.14. The standard InChI is InChI=1S/C27H26Cl2N4O2/c1-17-7-13-25(35-3)23(15-17)32-27(34)31-19-10-8-18(9-11-19)24-16-30-26(33(24)2)14-12-20-21(28)5-4-6-22(20)29/h4-11,13,15-16H,12,14H2,1-3H3,(H2,31,32,34). The van der Waals surface area contributed by atoms with Crippen molar-refractivity contribution in [2.24, 2.45) is 7.05 Å². The van der Waals surface area contributed by atoms with E-state index in [1.807, 2.05) is 80.8 Å². The molecule has 0 fully saturated rings. The number of carbonyl (C=O) groups excluding carboxylic acids is 1. The average Bonchev–Trinajstić information content (AvgIpc) is 3.19. The Morgan fingerprint density at radius 2 is 1.71 bits per heavy atom. The van der Waals surface area contributed by atoms with Crippen LogP contribution in [0.5, 0.6) is 5.75 Å². The van der Waals surface area contributed by atoms with Crippen LogP contribution in [0.1, 0.15) is 17.0 Å². The van der Waals surface area contributed by atoms with Crippen molar-refractivity contribution in [3.05, 3.63) is 93.9 Å². The fourth-order valence-corrected chi connectivity index (χ4v) is 4.47. The van der Waals surface area contributed by atoms with E-state index in [9.17, 15) is 4.79 Å². The van der Waals surface area contributed by atoms with E-state index < -0.39 is 0 Å². The molecule has 6 nitrogen and oxygen atoms in total. The van der Waals surface area contributed by atoms with E-state index in [0.717, 1.165) is 28.2 Å². The largest absolute Gasteiger partial charge is 0.495 e. The molecule has 2 amide bonds. The summed E-state index contributed by atoms with van der Waals surface area (Å²) in [6.07, 6.45) is 3.26. The van der Waals surface area contributed by atoms with Crippen LogP contribution in [0.3, 0.4) is 0 Å². The molecule has 0 spiro atoms. The van der Waals surface area contributed by atoms with Crippen LogP contribution in [0.2, 0.25) is 10.0 Å². The molecule has 0 atom stereocenters. The lowest BCUT2D eigenvalue weighted by atomic mass is 10.1. The third-order valence-corrected chi connectivity index (χ3v) is 6.49. The second-order valence-corrected chi connectivity index (χ2v) is 8.99. The fraction of sp³-hybridized carbons (Fsp3) is 0.185. The molecule has 2 N–H and O–H groups in total. The zero-order valence-corrected chi connectivity index (χ0v) is 21.2. The minimum absolute atomic E-state index is 0.345. The van der Waals surface area contributed by atoms with Crippen molar-refractivity contribution in [3.63, 3.8) is 0 Å². The topological polar surface area (TPSA) is 68.2 Å². The lowest BCUT2D eigenvalue weighted by Crippen LogP contribution is -2.19. The van der Waals surface area contributed by atoms with E-state index in [4.69, 9.17) is 27.9 Å². The number of halogens is 2. The minimum atomic E-state index is -0.345. The van der Waals surface area contributed by atoms with Gasteiger partial charge in [0, 0.05) is 29.2 Å². The summed E-state index contributed by atoms with van der Waals surface area (Å²) in [4.78, 5) is 17.1. The number of rotatable bonds is 7. The highest BCUT2D eigenvalue weighted by Crippen LogP contribution is 2.28. The summed E-state index contributed by atoms with van der Waals surface area (Å²) >= 11 is 12.6. The Morgan fingerprint density at radius 3 is 2.40 bits per heavy atom. The van der Waals surface area contributed by atoms with Crippen LogP contribution in [-0.4, -0.2) is 22.7 Å². The predicted molar refractivity (Wildman–Crippen MR) is 143 cm³/mol. The molecule has 0 aliphatic rings. The summed E-state index contributed by atoms with van der Waals surface area (Å²) in [6, 6.07) is 18.4. The van der Waals surface area contributed by atoms with Gasteiger partial charge in [0.25, 0.3) is 0 Å². The number of ether oxygens (including phenoxy) is 1. The second kappa shape index (κ2) is 10.8. The third kappa shape index (κ3) is 5.78. The molecule has 0 aliphatic heterocycles. The van der Waals surface area contributed by atoms with Gasteiger partial charge in [0.15, 0.2) is 0 Å². The van der Waals surface area contributed by atoms with E-state index in [0.29, 0.717) is 40.0 Å². The number of anilines is 2. The lowest BCUT2D eigenvalue weighted by Gasteiger charge is -2.12. The number of carbonyl (C=O) groups is 1. The average molecular weight is 509 g/mol. The van der Waals surface area contributed by atoms with E-state index in [2.05, 4.69) is 20.2 Å². The number of hydrogen-bond donors (Lipinski definition) is 2. The summed E-state index contributed by atoms with van der Waals surface area (Å²) < 4.78 is 7.38. The molecule has 0 aliphatic carbocycles. The van der Waals surface area contributed by atoms with Crippen LogP contribution in [0, 0.1) is 6.92 Å². The van der Waals surface area contributed by atoms with Crippen LogP contribution in [0.4, 0.5) is 16.2 Å². The minimum Gasteiger partial charge on any atom is -0.495 e. The van der Waals surface area contributed by atoms with Crippen molar-refractivity contribution in [2.75, 3.05) is 17.7 Å². The molecule has 0 bridgehead atoms. The Kier molecular flexibility index (Phi) is 7.63. The van der Waals surface area contributed by atoms with Gasteiger partial charge in [0.1, 0.15) is 11.6 Å². The Bertz CT molecular complexity index is 1330. The van der Waals surface area contributed by atoms with Crippen LogP contribution in [0.25, 0.3) is 11.3 Å². The van der Waals surface area contributed by atoms with Gasteiger partial charge in [0.2, 0.25) is 0 Å². The fourth-order valence-electron chi connectivity index (χ4n) is 3.88. The normalized spacial score (nSPS) is 10.8. The number of benzene rings is 3. The first kappa shape index (κ1) is 24.6. The summed E-state index contributed by atoms with van der Waals surface area (Å²) in [7, 11) is 3.56. The summed E-state index contributed by atoms with van der Waals surface area (Å²) in [6.45, 7) is 1.96. The highest BCUT2D eigenvalue weighted by atomic mass is 35.5. The number of methoxy groups -OCH3 is 1. The van der Waals surface area contributed by atoms with Gasteiger partial charge >= 0.3 is 6.03 Å². The molecule has 180 valence electrons. The maximum absolute atomic E-state index is 12.5. The summed E-state index contributed by atoms with van der Waals surface area (Å²) in [5, 5.41) is 7.03. The zero-order valence-electron chi connectivity index (χ0n) is 19.7. The van der Waals surface area contributed by atoms with Crippen LogP contribution < -0.4 is 15.4 Å². The van der Waals surface area contributed by atoms with Gasteiger partial charge in [-0.3, -0.25) is 0 Å². The molecule has 8 heteroatoms. The van der Waals surface area contributed by atoms with Crippen molar-refractivity contribution >= 4 is 40.6 Å². The maximum Gasteiger partial charge on any atom is 0.323 e. The molecule has 4 rings (SSSR count). The molecular weight excluding hydrogens is 483 g/mol. The molecule has 35 heavy (non-hydrogen) atoms. The number of aryl methyl sites for hydroxylation is 2. The molecule has 3 aromatic carbocycles. The number of amides is 2. The van der Waals surface area contributed by atoms with Gasteiger partial charge in [-0.2, -0.15) is 0 Å². The van der Waals surface area contributed by atoms with Gasteiger partial charge in [-0.15, -0.1) is 0 Å². The van der Waals surface area contributed by atoms with Crippen molar-refractivity contribution in [2.45, 2.75) is 19.8 Å². The first-order chi connectivity index (χ1) is 16.9. The van der Waals surface area contributed by atoms with Gasteiger partial charge in [-0.25, -0.2) is 9.78 Å². The number of hydrogen-bond acceptors (Lipinski definition) is 3. The Balaban J connectivity index is 1.41. The lowest BCUT2D eigenvalue weighted by molar-refractivity contribution is 0.262. The quantitative estimate of drug-likeness (QED) is 0.278. The van der Waals surface area contributed by atoms with Crippen molar-refractivity contribution in [1.82, 2.24) is 9.55 Å². The molecule has 0 saturated heterocycles. The molecule has 0 saturated carbocycles. The van der Waals surface area contributed by atoms with Crippen LogP contribution in [-0.2, 0) is 19.9 Å². The molecule has 0 unspecified atom stereocenters. The Morgan fingerprint density at radius 1 is 1.00 bits per heavy atom. The summed E-state index contributed by atoms with van der Waals surface area (Å²) in [5.74, 6) is 1.54. The first-order valence-electron chi connectivity index (χ1n) is 11.1. The highest BCUT2D eigenvalue weighted by molar-refractivity contribution is 6.36. The molecular formula is C27H26Cl2N4O2. The number of imidazole rings is 1. The second-order valence-electron chi connectivity index (χ2n) is 8.18. The monoisotopic (exact) mass is 508 g/mol. The van der Waals surface area contributed by atoms with Gasteiger partial charge in [-0.1, -0.05) is 47.5 Å². The molecule has 1 heterocycles. The number of nitrogens with zero attached hydrogens (tertiary/aromatic N) is 2. The van der Waals surface area contributed by atoms with E-state index in [-0.39, 0.29) is 6.03 Å². The van der Waals surface area contributed by atoms with E-state index in [1.54, 1.807) is 7.11 Å². The third-order valence-electron chi connectivity index (χ3n) is 5.79. The molecule has 0 radical (unpaired) electrons. The summed E-state index contributed by atoms with van der Waals surface area (Å²) in [5.41, 5.74) is 5.21. The highest BCUT2D eigenvalue weighted by Gasteiger charge is 2.12. The van der Waals surface area contributed by atoms with E-state index >= 15 is 0 Å². The SMILES string of the molecule is COc1ccc(C)cc1NC(=O)Nc1ccc(-c2cnc(CCc3c(Cl)cccc3Cl)n2C)cc1. The van der Waals surface area contributed by atoms with Gasteiger partial charge < -0.3 is 19.9 Å². The number of urea groups is 1.